The molecule has 0 radical (unpaired) electrons. The Morgan fingerprint density at radius 2 is 1.43 bits per heavy atom. The second kappa shape index (κ2) is 4.93. The van der Waals surface area contributed by atoms with Crippen molar-refractivity contribution in [3.8, 4) is 11.3 Å². The van der Waals surface area contributed by atoms with Gasteiger partial charge < -0.3 is 0 Å². The van der Waals surface area contributed by atoms with Gasteiger partial charge in [-0.1, -0.05) is 52.3 Å². The lowest BCUT2D eigenvalue weighted by atomic mass is 10.1. The van der Waals surface area contributed by atoms with Crippen LogP contribution < -0.4 is 0 Å². The van der Waals surface area contributed by atoms with Crippen molar-refractivity contribution in [2.24, 2.45) is 0 Å². The van der Waals surface area contributed by atoms with E-state index in [9.17, 15) is 0 Å². The third-order valence-corrected chi connectivity index (χ3v) is 4.10. The fourth-order valence-electron chi connectivity index (χ4n) is 2.51. The summed E-state index contributed by atoms with van der Waals surface area (Å²) in [5, 5.41) is 2.23. The van der Waals surface area contributed by atoms with Gasteiger partial charge >= 0.3 is 0 Å². The normalized spacial score (nSPS) is 11.1. The predicted molar refractivity (Wildman–Crippen MR) is 90.2 cm³/mol. The van der Waals surface area contributed by atoms with Crippen molar-refractivity contribution in [1.82, 2.24) is 9.97 Å². The Labute approximate surface area is 130 Å². The zero-order chi connectivity index (χ0) is 14.2. The Kier molecular flexibility index (Phi) is 2.93. The van der Waals surface area contributed by atoms with E-state index in [-0.39, 0.29) is 0 Å². The molecular weight excluding hydrogens is 324 g/mol. The van der Waals surface area contributed by atoms with Crippen LogP contribution in [0.15, 0.2) is 71.3 Å². The molecular formula is C18H11BrN2. The van der Waals surface area contributed by atoms with Gasteiger partial charge in [-0.25, -0.2) is 4.98 Å². The molecule has 0 aliphatic heterocycles. The molecule has 4 aromatic rings. The summed E-state index contributed by atoms with van der Waals surface area (Å²) in [4.78, 5) is 9.31. The Hall–Kier alpha value is -2.26. The van der Waals surface area contributed by atoms with E-state index in [1.807, 2.05) is 24.4 Å². The molecule has 0 aliphatic carbocycles. The van der Waals surface area contributed by atoms with Crippen LogP contribution in [0.2, 0.25) is 0 Å². The minimum absolute atomic E-state index is 0.952. The van der Waals surface area contributed by atoms with E-state index in [4.69, 9.17) is 4.98 Å². The van der Waals surface area contributed by atoms with Crippen molar-refractivity contribution in [2.45, 2.75) is 0 Å². The van der Waals surface area contributed by atoms with E-state index < -0.39 is 0 Å². The van der Waals surface area contributed by atoms with Crippen molar-refractivity contribution in [3.63, 3.8) is 0 Å². The Balaban J connectivity index is 2.00. The Morgan fingerprint density at radius 3 is 2.24 bits per heavy atom. The molecule has 0 fully saturated rings. The average Bonchev–Trinajstić information content (AvgIpc) is 2.55. The van der Waals surface area contributed by atoms with Crippen LogP contribution in [0.25, 0.3) is 33.1 Å². The first-order chi connectivity index (χ1) is 10.3. The molecule has 3 heteroatoms. The van der Waals surface area contributed by atoms with Gasteiger partial charge in [-0.2, -0.15) is 0 Å². The van der Waals surface area contributed by atoms with Gasteiger partial charge in [0.15, 0.2) is 0 Å². The number of nitrogens with zero attached hydrogens (tertiary/aromatic N) is 2. The number of benzene rings is 2. The third-order valence-electron chi connectivity index (χ3n) is 3.57. The van der Waals surface area contributed by atoms with Crippen molar-refractivity contribution in [1.29, 1.82) is 0 Å². The van der Waals surface area contributed by atoms with E-state index in [0.717, 1.165) is 37.5 Å². The van der Waals surface area contributed by atoms with Crippen LogP contribution in [-0.4, -0.2) is 9.97 Å². The summed E-state index contributed by atoms with van der Waals surface area (Å²) in [6.45, 7) is 0. The molecule has 0 spiro atoms. The van der Waals surface area contributed by atoms with E-state index in [0.29, 0.717) is 0 Å². The van der Waals surface area contributed by atoms with Gasteiger partial charge in [-0.3, -0.25) is 4.98 Å². The van der Waals surface area contributed by atoms with Crippen molar-refractivity contribution >= 4 is 37.7 Å². The zero-order valence-electron chi connectivity index (χ0n) is 11.1. The predicted octanol–water partition coefficient (Wildman–Crippen LogP) is 5.21. The summed E-state index contributed by atoms with van der Waals surface area (Å²) < 4.78 is 1.07. The highest BCUT2D eigenvalue weighted by Gasteiger charge is 2.05. The maximum atomic E-state index is 4.83. The van der Waals surface area contributed by atoms with E-state index in [1.165, 1.54) is 0 Å². The largest absolute Gasteiger partial charge is 0.254 e. The first-order valence-electron chi connectivity index (χ1n) is 6.72. The highest BCUT2D eigenvalue weighted by Crippen LogP contribution is 2.26. The molecule has 100 valence electrons. The van der Waals surface area contributed by atoms with Crippen molar-refractivity contribution < 1.29 is 0 Å². The highest BCUT2D eigenvalue weighted by molar-refractivity contribution is 9.10. The van der Waals surface area contributed by atoms with Crippen LogP contribution >= 0.6 is 15.9 Å². The SMILES string of the molecule is Brc1ccc(-c2ccc3ccc4cccnc4c3n2)cc1. The zero-order valence-corrected chi connectivity index (χ0v) is 12.7. The molecule has 2 aromatic carbocycles. The maximum absolute atomic E-state index is 4.83. The fourth-order valence-corrected chi connectivity index (χ4v) is 2.77. The lowest BCUT2D eigenvalue weighted by Gasteiger charge is -2.06. The molecule has 2 aromatic heterocycles. The molecule has 0 saturated heterocycles. The molecule has 21 heavy (non-hydrogen) atoms. The first-order valence-corrected chi connectivity index (χ1v) is 7.51. The maximum Gasteiger partial charge on any atom is 0.0972 e. The number of rotatable bonds is 1. The number of hydrogen-bond acceptors (Lipinski definition) is 2. The molecule has 0 atom stereocenters. The Morgan fingerprint density at radius 1 is 0.714 bits per heavy atom. The van der Waals surface area contributed by atoms with Gasteiger partial charge in [-0.15, -0.1) is 0 Å². The van der Waals surface area contributed by atoms with Gasteiger partial charge in [0.25, 0.3) is 0 Å². The van der Waals surface area contributed by atoms with Crippen LogP contribution in [-0.2, 0) is 0 Å². The molecule has 0 unspecified atom stereocenters. The smallest absolute Gasteiger partial charge is 0.0972 e. The lowest BCUT2D eigenvalue weighted by molar-refractivity contribution is 1.37. The van der Waals surface area contributed by atoms with Gasteiger partial charge in [-0.05, 0) is 24.3 Å². The topological polar surface area (TPSA) is 25.8 Å². The molecule has 0 saturated carbocycles. The molecule has 0 bridgehead atoms. The molecule has 0 aliphatic rings. The summed E-state index contributed by atoms with van der Waals surface area (Å²) in [7, 11) is 0. The van der Waals surface area contributed by atoms with E-state index in [1.54, 1.807) is 0 Å². The Bertz CT molecular complexity index is 946. The molecule has 0 N–H and O–H groups in total. The minimum atomic E-state index is 0.952. The third kappa shape index (κ3) is 2.20. The number of pyridine rings is 2. The van der Waals surface area contributed by atoms with Gasteiger partial charge in [0, 0.05) is 27.0 Å². The lowest BCUT2D eigenvalue weighted by Crippen LogP contribution is -1.88. The van der Waals surface area contributed by atoms with E-state index in [2.05, 4.69) is 63.4 Å². The fraction of sp³-hybridized carbons (Fsp3) is 0. The van der Waals surface area contributed by atoms with Crippen molar-refractivity contribution in [3.05, 3.63) is 71.3 Å². The summed E-state index contributed by atoms with van der Waals surface area (Å²) in [5.41, 5.74) is 3.98. The molecule has 0 amide bonds. The van der Waals surface area contributed by atoms with Crippen LogP contribution in [0.4, 0.5) is 0 Å². The standard InChI is InChI=1S/C18H11BrN2/c19-15-8-5-12(6-9-15)16-10-7-14-4-3-13-2-1-11-20-17(13)18(14)21-16/h1-11H. The molecule has 4 rings (SSSR count). The first kappa shape index (κ1) is 12.5. The summed E-state index contributed by atoms with van der Waals surface area (Å²) in [6, 6.07) is 20.6. The molecule has 2 heterocycles. The summed E-state index contributed by atoms with van der Waals surface area (Å²) in [6.07, 6.45) is 1.82. The van der Waals surface area contributed by atoms with Crippen LogP contribution in [0.5, 0.6) is 0 Å². The number of fused-ring (bicyclic) bond motifs is 3. The summed E-state index contributed by atoms with van der Waals surface area (Å²) >= 11 is 3.46. The van der Waals surface area contributed by atoms with Crippen LogP contribution in [0, 0.1) is 0 Å². The van der Waals surface area contributed by atoms with Gasteiger partial charge in [0.2, 0.25) is 0 Å². The quantitative estimate of drug-likeness (QED) is 0.446. The minimum Gasteiger partial charge on any atom is -0.254 e. The average molecular weight is 335 g/mol. The number of aromatic nitrogens is 2. The van der Waals surface area contributed by atoms with Crippen molar-refractivity contribution in [2.75, 3.05) is 0 Å². The summed E-state index contributed by atoms with van der Waals surface area (Å²) in [5.74, 6) is 0. The highest BCUT2D eigenvalue weighted by atomic mass is 79.9. The number of hydrogen-bond donors (Lipinski definition) is 0. The van der Waals surface area contributed by atoms with Crippen LogP contribution in [0.1, 0.15) is 0 Å². The van der Waals surface area contributed by atoms with Crippen LogP contribution in [0.3, 0.4) is 0 Å². The monoisotopic (exact) mass is 334 g/mol. The number of halogens is 1. The second-order valence-electron chi connectivity index (χ2n) is 4.92. The second-order valence-corrected chi connectivity index (χ2v) is 5.83. The molecule has 2 nitrogen and oxygen atoms in total. The van der Waals surface area contributed by atoms with E-state index >= 15 is 0 Å². The van der Waals surface area contributed by atoms with Gasteiger partial charge in [0.1, 0.15) is 0 Å². The van der Waals surface area contributed by atoms with Gasteiger partial charge in [0.05, 0.1) is 16.7 Å².